The summed E-state index contributed by atoms with van der Waals surface area (Å²) in [5, 5.41) is 0. The van der Waals surface area contributed by atoms with Crippen molar-refractivity contribution in [3.05, 3.63) is 59.2 Å². The molecule has 0 unspecified atom stereocenters. The maximum Gasteiger partial charge on any atom is 0.248 e. The van der Waals surface area contributed by atoms with Gasteiger partial charge in [-0.15, -0.1) is 12.4 Å². The molecule has 0 atom stereocenters. The lowest BCUT2D eigenvalue weighted by Gasteiger charge is -2.26. The lowest BCUT2D eigenvalue weighted by molar-refractivity contribution is 0.0342. The van der Waals surface area contributed by atoms with Crippen molar-refractivity contribution in [3.8, 4) is 11.1 Å². The predicted octanol–water partition coefficient (Wildman–Crippen LogP) is 3.01. The highest BCUT2D eigenvalue weighted by molar-refractivity contribution is 5.95. The predicted molar refractivity (Wildman–Crippen MR) is 98.5 cm³/mol. The Morgan fingerprint density at radius 1 is 1.08 bits per heavy atom. The Morgan fingerprint density at radius 2 is 1.71 bits per heavy atom. The number of morpholine rings is 1. The van der Waals surface area contributed by atoms with Gasteiger partial charge in [-0.1, -0.05) is 36.4 Å². The van der Waals surface area contributed by atoms with Crippen LogP contribution in [0.25, 0.3) is 11.1 Å². The number of halogens is 1. The van der Waals surface area contributed by atoms with Crippen LogP contribution in [0.15, 0.2) is 42.5 Å². The molecule has 24 heavy (non-hydrogen) atoms. The number of carbonyl (C=O) groups excluding carboxylic acids is 1. The van der Waals surface area contributed by atoms with E-state index in [0.717, 1.165) is 49.5 Å². The molecular weight excluding hydrogens is 324 g/mol. The normalized spacial score (nSPS) is 14.9. The molecule has 0 bridgehead atoms. The highest BCUT2D eigenvalue weighted by Gasteiger charge is 2.11. The van der Waals surface area contributed by atoms with Gasteiger partial charge >= 0.3 is 0 Å². The van der Waals surface area contributed by atoms with Crippen molar-refractivity contribution in [3.63, 3.8) is 0 Å². The maximum absolute atomic E-state index is 11.5. The van der Waals surface area contributed by atoms with E-state index in [9.17, 15) is 4.79 Å². The zero-order chi connectivity index (χ0) is 16.2. The number of nitrogens with two attached hydrogens (primary N) is 1. The Kier molecular flexibility index (Phi) is 6.37. The molecule has 1 heterocycles. The van der Waals surface area contributed by atoms with Crippen LogP contribution < -0.4 is 5.73 Å². The first-order valence-electron chi connectivity index (χ1n) is 7.93. The van der Waals surface area contributed by atoms with Gasteiger partial charge in [0.25, 0.3) is 0 Å². The van der Waals surface area contributed by atoms with Gasteiger partial charge in [-0.25, -0.2) is 0 Å². The second-order valence-corrected chi connectivity index (χ2v) is 5.98. The van der Waals surface area contributed by atoms with Crippen LogP contribution in [0, 0.1) is 6.92 Å². The smallest absolute Gasteiger partial charge is 0.248 e. The molecule has 1 amide bonds. The second kappa shape index (κ2) is 8.29. The minimum absolute atomic E-state index is 0. The first-order chi connectivity index (χ1) is 11.1. The van der Waals surface area contributed by atoms with E-state index >= 15 is 0 Å². The standard InChI is InChI=1S/C19H22N2O2.ClH/c1-14-2-5-17(12-18(14)19(20)22)16-6-3-15(4-7-16)13-21-8-10-23-11-9-21;/h2-7,12H,8-11,13H2,1H3,(H2,20,22);1H. The number of aryl methyl sites for hydroxylation is 1. The Morgan fingerprint density at radius 3 is 2.33 bits per heavy atom. The average molecular weight is 347 g/mol. The summed E-state index contributed by atoms with van der Waals surface area (Å²) in [4.78, 5) is 13.9. The molecule has 0 radical (unpaired) electrons. The molecular formula is C19H23ClN2O2. The molecule has 3 rings (SSSR count). The number of hydrogen-bond donors (Lipinski definition) is 1. The molecule has 1 aliphatic rings. The van der Waals surface area contributed by atoms with Crippen molar-refractivity contribution in [2.24, 2.45) is 5.73 Å². The van der Waals surface area contributed by atoms with E-state index in [0.29, 0.717) is 5.56 Å². The van der Waals surface area contributed by atoms with Crippen LogP contribution in [-0.2, 0) is 11.3 Å². The van der Waals surface area contributed by atoms with Gasteiger partial charge in [0, 0.05) is 25.2 Å². The van der Waals surface area contributed by atoms with E-state index in [1.807, 2.05) is 25.1 Å². The van der Waals surface area contributed by atoms with Crippen molar-refractivity contribution < 1.29 is 9.53 Å². The van der Waals surface area contributed by atoms with Crippen molar-refractivity contribution in [2.45, 2.75) is 13.5 Å². The van der Waals surface area contributed by atoms with Crippen molar-refractivity contribution in [2.75, 3.05) is 26.3 Å². The Hall–Kier alpha value is -1.88. The molecule has 0 aliphatic carbocycles. The van der Waals surface area contributed by atoms with Gasteiger partial charge in [0.2, 0.25) is 5.91 Å². The lowest BCUT2D eigenvalue weighted by atomic mass is 9.98. The van der Waals surface area contributed by atoms with Gasteiger partial charge in [0.1, 0.15) is 0 Å². The van der Waals surface area contributed by atoms with Crippen LogP contribution in [0.1, 0.15) is 21.5 Å². The summed E-state index contributed by atoms with van der Waals surface area (Å²) in [6, 6.07) is 14.3. The molecule has 5 heteroatoms. The topological polar surface area (TPSA) is 55.6 Å². The summed E-state index contributed by atoms with van der Waals surface area (Å²) in [6.07, 6.45) is 0. The molecule has 4 nitrogen and oxygen atoms in total. The van der Waals surface area contributed by atoms with Crippen molar-refractivity contribution in [1.29, 1.82) is 0 Å². The average Bonchev–Trinajstić information content (AvgIpc) is 2.57. The van der Waals surface area contributed by atoms with E-state index in [-0.39, 0.29) is 18.3 Å². The van der Waals surface area contributed by atoms with Crippen LogP contribution >= 0.6 is 12.4 Å². The zero-order valence-corrected chi connectivity index (χ0v) is 14.6. The quantitative estimate of drug-likeness (QED) is 0.925. The minimum Gasteiger partial charge on any atom is -0.379 e. The third-order valence-electron chi connectivity index (χ3n) is 4.30. The molecule has 2 N–H and O–H groups in total. The third kappa shape index (κ3) is 4.35. The fourth-order valence-electron chi connectivity index (χ4n) is 2.89. The van der Waals surface area contributed by atoms with Gasteiger partial charge in [-0.2, -0.15) is 0 Å². The van der Waals surface area contributed by atoms with Crippen LogP contribution in [0.2, 0.25) is 0 Å². The van der Waals surface area contributed by atoms with E-state index in [1.54, 1.807) is 0 Å². The monoisotopic (exact) mass is 346 g/mol. The highest BCUT2D eigenvalue weighted by atomic mass is 35.5. The van der Waals surface area contributed by atoms with E-state index in [1.165, 1.54) is 5.56 Å². The number of rotatable bonds is 4. The SMILES string of the molecule is Cc1ccc(-c2ccc(CN3CCOCC3)cc2)cc1C(N)=O.Cl. The molecule has 0 saturated carbocycles. The number of benzene rings is 2. The first-order valence-corrected chi connectivity index (χ1v) is 7.93. The summed E-state index contributed by atoms with van der Waals surface area (Å²) >= 11 is 0. The number of carbonyl (C=O) groups is 1. The summed E-state index contributed by atoms with van der Waals surface area (Å²) in [5.74, 6) is -0.381. The van der Waals surface area contributed by atoms with Gasteiger partial charge in [0.05, 0.1) is 13.2 Å². The zero-order valence-electron chi connectivity index (χ0n) is 13.8. The Balaban J connectivity index is 0.00000208. The summed E-state index contributed by atoms with van der Waals surface area (Å²) in [6.45, 7) is 6.46. The largest absolute Gasteiger partial charge is 0.379 e. The Bertz CT molecular complexity index is 695. The molecule has 0 spiro atoms. The molecule has 0 aromatic heterocycles. The maximum atomic E-state index is 11.5. The molecule has 2 aromatic rings. The molecule has 128 valence electrons. The Labute approximate surface area is 149 Å². The number of amides is 1. The van der Waals surface area contributed by atoms with Gasteiger partial charge in [0.15, 0.2) is 0 Å². The van der Waals surface area contributed by atoms with Crippen LogP contribution in [-0.4, -0.2) is 37.1 Å². The fraction of sp³-hybridized carbons (Fsp3) is 0.316. The lowest BCUT2D eigenvalue weighted by Crippen LogP contribution is -2.35. The van der Waals surface area contributed by atoms with Crippen molar-refractivity contribution >= 4 is 18.3 Å². The van der Waals surface area contributed by atoms with E-state index in [4.69, 9.17) is 10.5 Å². The van der Waals surface area contributed by atoms with Gasteiger partial charge < -0.3 is 10.5 Å². The van der Waals surface area contributed by atoms with Crippen LogP contribution in [0.3, 0.4) is 0 Å². The fourth-order valence-corrected chi connectivity index (χ4v) is 2.89. The van der Waals surface area contributed by atoms with Crippen LogP contribution in [0.4, 0.5) is 0 Å². The second-order valence-electron chi connectivity index (χ2n) is 5.98. The minimum atomic E-state index is -0.381. The molecule has 1 aliphatic heterocycles. The number of primary amides is 1. The molecule has 1 fully saturated rings. The van der Waals surface area contributed by atoms with Crippen LogP contribution in [0.5, 0.6) is 0 Å². The van der Waals surface area contributed by atoms with E-state index in [2.05, 4.69) is 29.2 Å². The number of ether oxygens (including phenoxy) is 1. The number of hydrogen-bond acceptors (Lipinski definition) is 3. The van der Waals surface area contributed by atoms with Gasteiger partial charge in [-0.05, 0) is 35.2 Å². The summed E-state index contributed by atoms with van der Waals surface area (Å²) in [7, 11) is 0. The summed E-state index contributed by atoms with van der Waals surface area (Å²) in [5.41, 5.74) is 10.3. The highest BCUT2D eigenvalue weighted by Crippen LogP contribution is 2.23. The third-order valence-corrected chi connectivity index (χ3v) is 4.30. The van der Waals surface area contributed by atoms with Gasteiger partial charge in [-0.3, -0.25) is 9.69 Å². The summed E-state index contributed by atoms with van der Waals surface area (Å²) < 4.78 is 5.38. The van der Waals surface area contributed by atoms with E-state index < -0.39 is 0 Å². The number of nitrogens with zero attached hydrogens (tertiary/aromatic N) is 1. The van der Waals surface area contributed by atoms with Crippen molar-refractivity contribution in [1.82, 2.24) is 4.90 Å². The first kappa shape index (κ1) is 18.5. The molecule has 2 aromatic carbocycles. The molecule has 1 saturated heterocycles.